The van der Waals surface area contributed by atoms with Crippen LogP contribution in [0, 0.1) is 6.92 Å². The summed E-state index contributed by atoms with van der Waals surface area (Å²) in [6, 6.07) is 15.2. The van der Waals surface area contributed by atoms with Gasteiger partial charge in [0.15, 0.2) is 0 Å². The van der Waals surface area contributed by atoms with Crippen LogP contribution in [0.3, 0.4) is 0 Å². The van der Waals surface area contributed by atoms with Crippen molar-refractivity contribution in [3.63, 3.8) is 0 Å². The number of ether oxygens (including phenoxy) is 1. The van der Waals surface area contributed by atoms with Crippen molar-refractivity contribution in [2.45, 2.75) is 46.2 Å². The van der Waals surface area contributed by atoms with Crippen molar-refractivity contribution in [3.8, 4) is 5.75 Å². The second-order valence-corrected chi connectivity index (χ2v) is 6.93. The molecule has 0 aliphatic heterocycles. The molecule has 28 heavy (non-hydrogen) atoms. The van der Waals surface area contributed by atoms with Crippen LogP contribution in [0.15, 0.2) is 48.5 Å². The highest BCUT2D eigenvalue weighted by Gasteiger charge is 2.25. The monoisotopic (exact) mass is 382 g/mol. The fourth-order valence-electron chi connectivity index (χ4n) is 2.98. The topological polar surface area (TPSA) is 58.6 Å². The summed E-state index contributed by atoms with van der Waals surface area (Å²) in [6.45, 7) is 6.61. The highest BCUT2D eigenvalue weighted by Crippen LogP contribution is 2.16. The lowest BCUT2D eigenvalue weighted by atomic mass is 10.1. The fraction of sp³-hybridized carbons (Fsp3) is 0.391. The molecule has 2 aromatic carbocycles. The van der Waals surface area contributed by atoms with E-state index in [-0.39, 0.29) is 11.8 Å². The lowest BCUT2D eigenvalue weighted by molar-refractivity contribution is -0.140. The van der Waals surface area contributed by atoms with E-state index in [2.05, 4.69) is 5.32 Å². The molecule has 0 saturated carbocycles. The van der Waals surface area contributed by atoms with Gasteiger partial charge in [0, 0.05) is 19.5 Å². The molecule has 0 unspecified atom stereocenters. The number of nitrogens with one attached hydrogen (secondary N) is 1. The lowest BCUT2D eigenvalue weighted by Gasteiger charge is -2.29. The third-order valence-corrected chi connectivity index (χ3v) is 4.78. The predicted molar refractivity (Wildman–Crippen MR) is 111 cm³/mol. The average Bonchev–Trinajstić information content (AvgIpc) is 2.71. The molecule has 0 radical (unpaired) electrons. The van der Waals surface area contributed by atoms with Crippen LogP contribution in [-0.2, 0) is 22.6 Å². The summed E-state index contributed by atoms with van der Waals surface area (Å²) < 4.78 is 5.19. The number of amides is 2. The molecule has 0 aromatic heterocycles. The Kier molecular flexibility index (Phi) is 8.05. The summed E-state index contributed by atoms with van der Waals surface area (Å²) in [7, 11) is 1.62. The number of carbonyl (C=O) groups excluding carboxylic acids is 2. The minimum Gasteiger partial charge on any atom is -0.497 e. The summed E-state index contributed by atoms with van der Waals surface area (Å²) in [5.74, 6) is 0.590. The molecule has 0 fully saturated rings. The second-order valence-electron chi connectivity index (χ2n) is 6.93. The zero-order valence-corrected chi connectivity index (χ0v) is 17.2. The van der Waals surface area contributed by atoms with Crippen molar-refractivity contribution >= 4 is 11.8 Å². The molecule has 0 saturated heterocycles. The van der Waals surface area contributed by atoms with Crippen molar-refractivity contribution in [1.82, 2.24) is 10.2 Å². The Morgan fingerprint density at radius 2 is 1.64 bits per heavy atom. The van der Waals surface area contributed by atoms with E-state index in [9.17, 15) is 9.59 Å². The van der Waals surface area contributed by atoms with Crippen molar-refractivity contribution in [1.29, 1.82) is 0 Å². The molecule has 2 aromatic rings. The first-order valence-corrected chi connectivity index (χ1v) is 9.70. The summed E-state index contributed by atoms with van der Waals surface area (Å²) >= 11 is 0. The van der Waals surface area contributed by atoms with Gasteiger partial charge < -0.3 is 15.0 Å². The molecule has 2 rings (SSSR count). The second kappa shape index (κ2) is 10.5. The van der Waals surface area contributed by atoms with Crippen molar-refractivity contribution in [2.24, 2.45) is 0 Å². The number of rotatable bonds is 9. The van der Waals surface area contributed by atoms with Crippen molar-refractivity contribution < 1.29 is 14.3 Å². The maximum Gasteiger partial charge on any atom is 0.242 e. The zero-order chi connectivity index (χ0) is 20.5. The van der Waals surface area contributed by atoms with Crippen LogP contribution >= 0.6 is 0 Å². The zero-order valence-electron chi connectivity index (χ0n) is 17.2. The first kappa shape index (κ1) is 21.5. The molecule has 0 spiro atoms. The average molecular weight is 383 g/mol. The minimum absolute atomic E-state index is 0.0323. The van der Waals surface area contributed by atoms with Crippen LogP contribution in [0.1, 0.15) is 37.0 Å². The number of carbonyl (C=O) groups is 2. The standard InChI is InChI=1S/C23H30N2O3/c1-5-24-23(27)18(3)25(16-20-10-13-21(28-4)14-11-20)22(26)15-12-19-8-6-17(2)7-9-19/h6-11,13-14,18H,5,12,15-16H2,1-4H3,(H,24,27)/t18-/m1/s1. The number of likely N-dealkylation sites (N-methyl/N-ethyl adjacent to an activating group) is 1. The van der Waals surface area contributed by atoms with Gasteiger partial charge >= 0.3 is 0 Å². The smallest absolute Gasteiger partial charge is 0.242 e. The van der Waals surface area contributed by atoms with E-state index in [0.717, 1.165) is 16.9 Å². The number of benzene rings is 2. The molecule has 1 atom stereocenters. The largest absolute Gasteiger partial charge is 0.497 e. The van der Waals surface area contributed by atoms with Gasteiger partial charge in [0.25, 0.3) is 0 Å². The molecule has 0 bridgehead atoms. The van der Waals surface area contributed by atoms with E-state index in [1.54, 1.807) is 18.9 Å². The van der Waals surface area contributed by atoms with E-state index in [1.165, 1.54) is 5.56 Å². The van der Waals surface area contributed by atoms with Gasteiger partial charge in [-0.15, -0.1) is 0 Å². The molecule has 5 nitrogen and oxygen atoms in total. The number of aryl methyl sites for hydroxylation is 2. The third-order valence-electron chi connectivity index (χ3n) is 4.78. The minimum atomic E-state index is -0.535. The number of nitrogens with zero attached hydrogens (tertiary/aromatic N) is 1. The molecule has 1 N–H and O–H groups in total. The Morgan fingerprint density at radius 3 is 2.21 bits per heavy atom. The van der Waals surface area contributed by atoms with E-state index in [1.807, 2.05) is 62.4 Å². The van der Waals surface area contributed by atoms with Crippen LogP contribution < -0.4 is 10.1 Å². The van der Waals surface area contributed by atoms with Gasteiger partial charge in [-0.25, -0.2) is 0 Å². The normalized spacial score (nSPS) is 11.6. The van der Waals surface area contributed by atoms with Crippen LogP contribution in [0.25, 0.3) is 0 Å². The van der Waals surface area contributed by atoms with Gasteiger partial charge in [0.05, 0.1) is 7.11 Å². The molecule has 0 aliphatic carbocycles. The highest BCUT2D eigenvalue weighted by atomic mass is 16.5. The van der Waals surface area contributed by atoms with E-state index in [0.29, 0.717) is 25.9 Å². The van der Waals surface area contributed by atoms with Gasteiger partial charge in [-0.1, -0.05) is 42.0 Å². The number of methoxy groups -OCH3 is 1. The Labute approximate surface area is 167 Å². The third kappa shape index (κ3) is 6.12. The molecular formula is C23H30N2O3. The first-order valence-electron chi connectivity index (χ1n) is 9.70. The summed E-state index contributed by atoms with van der Waals surface area (Å²) in [5.41, 5.74) is 3.27. The quantitative estimate of drug-likeness (QED) is 0.722. The highest BCUT2D eigenvalue weighted by molar-refractivity contribution is 5.87. The molecule has 2 amide bonds. The Hall–Kier alpha value is -2.82. The SMILES string of the molecule is CCNC(=O)[C@@H](C)N(Cc1ccc(OC)cc1)C(=O)CCc1ccc(C)cc1. The molecule has 0 heterocycles. The van der Waals surface area contributed by atoms with Crippen molar-refractivity contribution in [3.05, 3.63) is 65.2 Å². The van der Waals surface area contributed by atoms with E-state index >= 15 is 0 Å². The fourth-order valence-corrected chi connectivity index (χ4v) is 2.98. The maximum atomic E-state index is 13.0. The van der Waals surface area contributed by atoms with Gasteiger partial charge in [-0.2, -0.15) is 0 Å². The Morgan fingerprint density at radius 1 is 1.04 bits per heavy atom. The summed E-state index contributed by atoms with van der Waals surface area (Å²) in [4.78, 5) is 27.0. The number of hydrogen-bond acceptors (Lipinski definition) is 3. The number of hydrogen-bond donors (Lipinski definition) is 1. The molecule has 5 heteroatoms. The Balaban J connectivity index is 2.11. The van der Waals surface area contributed by atoms with Gasteiger partial charge in [0.1, 0.15) is 11.8 Å². The predicted octanol–water partition coefficient (Wildman–Crippen LogP) is 3.49. The van der Waals surface area contributed by atoms with Crippen LogP contribution in [0.2, 0.25) is 0 Å². The summed E-state index contributed by atoms with van der Waals surface area (Å²) in [6.07, 6.45) is 1.02. The molecule has 150 valence electrons. The molecular weight excluding hydrogens is 352 g/mol. The van der Waals surface area contributed by atoms with Gasteiger partial charge in [0.2, 0.25) is 11.8 Å². The van der Waals surface area contributed by atoms with E-state index in [4.69, 9.17) is 4.74 Å². The first-order chi connectivity index (χ1) is 13.4. The van der Waals surface area contributed by atoms with E-state index < -0.39 is 6.04 Å². The molecule has 0 aliphatic rings. The van der Waals surface area contributed by atoms with Crippen LogP contribution in [-0.4, -0.2) is 36.4 Å². The van der Waals surface area contributed by atoms with Crippen LogP contribution in [0.5, 0.6) is 5.75 Å². The van der Waals surface area contributed by atoms with Gasteiger partial charge in [-0.05, 0) is 50.5 Å². The summed E-state index contributed by atoms with van der Waals surface area (Å²) in [5, 5.41) is 2.81. The van der Waals surface area contributed by atoms with Crippen LogP contribution in [0.4, 0.5) is 0 Å². The Bertz CT molecular complexity index is 769. The van der Waals surface area contributed by atoms with Crippen molar-refractivity contribution in [2.75, 3.05) is 13.7 Å². The maximum absolute atomic E-state index is 13.0. The lowest BCUT2D eigenvalue weighted by Crippen LogP contribution is -2.47. The van der Waals surface area contributed by atoms with Gasteiger partial charge in [-0.3, -0.25) is 9.59 Å².